The lowest BCUT2D eigenvalue weighted by Crippen LogP contribution is -2.13. The molecule has 0 aromatic heterocycles. The second kappa shape index (κ2) is 6.11. The lowest BCUT2D eigenvalue weighted by atomic mass is 10.1. The van der Waals surface area contributed by atoms with E-state index in [1.807, 2.05) is 13.0 Å². The van der Waals surface area contributed by atoms with Crippen LogP contribution < -0.4 is 5.32 Å². The monoisotopic (exact) mass is 405 g/mol. The van der Waals surface area contributed by atoms with E-state index in [9.17, 15) is 4.79 Å². The number of nitrogens with one attached hydrogen (secondary N) is 1. The van der Waals surface area contributed by atoms with E-state index < -0.39 is 0 Å². The summed E-state index contributed by atoms with van der Waals surface area (Å²) in [4.78, 5) is 12.1. The third-order valence-electron chi connectivity index (χ3n) is 2.48. The fourth-order valence-electron chi connectivity index (χ4n) is 1.65. The molecule has 0 aliphatic carbocycles. The smallest absolute Gasteiger partial charge is 0.255 e. The quantitative estimate of drug-likeness (QED) is 0.687. The van der Waals surface area contributed by atoms with Crippen LogP contribution in [0.25, 0.3) is 0 Å². The first kappa shape index (κ1) is 14.6. The van der Waals surface area contributed by atoms with E-state index in [-0.39, 0.29) is 5.91 Å². The highest BCUT2D eigenvalue weighted by Crippen LogP contribution is 2.23. The minimum absolute atomic E-state index is 0.189. The number of hydrogen-bond acceptors (Lipinski definition) is 1. The Kier molecular flexibility index (Phi) is 4.71. The maximum absolute atomic E-state index is 12.1. The van der Waals surface area contributed by atoms with E-state index in [2.05, 4.69) is 27.9 Å². The lowest BCUT2D eigenvalue weighted by Gasteiger charge is -2.08. The van der Waals surface area contributed by atoms with Gasteiger partial charge in [-0.05, 0) is 71.5 Å². The first-order chi connectivity index (χ1) is 8.95. The van der Waals surface area contributed by atoms with Gasteiger partial charge in [-0.2, -0.15) is 0 Å². The molecule has 1 amide bonds. The second-order valence-corrected chi connectivity index (χ2v) is 6.13. The number of halogens is 3. The van der Waals surface area contributed by atoms with Crippen LogP contribution in [0.4, 0.5) is 5.69 Å². The van der Waals surface area contributed by atoms with Crippen LogP contribution in [-0.4, -0.2) is 5.91 Å². The van der Waals surface area contributed by atoms with Gasteiger partial charge in [0.05, 0.1) is 5.69 Å². The molecule has 0 saturated heterocycles. The molecule has 0 unspecified atom stereocenters. The zero-order chi connectivity index (χ0) is 14.0. The van der Waals surface area contributed by atoms with Crippen molar-refractivity contribution in [3.8, 4) is 0 Å². The molecular weight excluding hydrogens is 396 g/mol. The van der Waals surface area contributed by atoms with Crippen molar-refractivity contribution < 1.29 is 4.79 Å². The highest BCUT2D eigenvalue weighted by molar-refractivity contribution is 14.1. The average molecular weight is 406 g/mol. The number of hydrogen-bond donors (Lipinski definition) is 1. The molecule has 5 heteroatoms. The van der Waals surface area contributed by atoms with Crippen molar-refractivity contribution in [2.45, 2.75) is 6.92 Å². The Labute approximate surface area is 135 Å². The van der Waals surface area contributed by atoms with E-state index >= 15 is 0 Å². The van der Waals surface area contributed by atoms with Gasteiger partial charge in [0.1, 0.15) is 0 Å². The molecule has 98 valence electrons. The fraction of sp³-hybridized carbons (Fsp3) is 0.0714. The highest BCUT2D eigenvalue weighted by Gasteiger charge is 2.09. The predicted molar refractivity (Wildman–Crippen MR) is 88.3 cm³/mol. The molecule has 1 N–H and O–H groups in total. The molecule has 0 radical (unpaired) electrons. The lowest BCUT2D eigenvalue weighted by molar-refractivity contribution is 0.102. The van der Waals surface area contributed by atoms with Gasteiger partial charge in [-0.1, -0.05) is 23.2 Å². The number of benzene rings is 2. The number of amides is 1. The molecular formula is C14H10Cl2INO. The molecule has 0 aliphatic rings. The molecule has 0 heterocycles. The van der Waals surface area contributed by atoms with Crippen molar-refractivity contribution in [3.05, 3.63) is 61.1 Å². The maximum atomic E-state index is 12.1. The van der Waals surface area contributed by atoms with E-state index in [4.69, 9.17) is 23.2 Å². The van der Waals surface area contributed by atoms with Crippen molar-refractivity contribution in [1.82, 2.24) is 0 Å². The van der Waals surface area contributed by atoms with Crippen LogP contribution in [0.1, 0.15) is 15.9 Å². The minimum atomic E-state index is -0.189. The van der Waals surface area contributed by atoms with Crippen LogP contribution in [0.15, 0.2) is 36.4 Å². The number of rotatable bonds is 2. The highest BCUT2D eigenvalue weighted by atomic mass is 127. The van der Waals surface area contributed by atoms with Gasteiger partial charge in [0, 0.05) is 19.2 Å². The topological polar surface area (TPSA) is 29.1 Å². The van der Waals surface area contributed by atoms with Gasteiger partial charge in [-0.25, -0.2) is 0 Å². The normalized spacial score (nSPS) is 10.3. The van der Waals surface area contributed by atoms with Crippen molar-refractivity contribution in [3.63, 3.8) is 0 Å². The van der Waals surface area contributed by atoms with Gasteiger partial charge in [0.15, 0.2) is 0 Å². The Hall–Kier alpha value is -0.780. The van der Waals surface area contributed by atoms with Crippen molar-refractivity contribution in [1.29, 1.82) is 0 Å². The predicted octanol–water partition coefficient (Wildman–Crippen LogP) is 5.16. The van der Waals surface area contributed by atoms with Crippen LogP contribution in [0, 0.1) is 10.5 Å². The van der Waals surface area contributed by atoms with Gasteiger partial charge in [0.2, 0.25) is 0 Å². The van der Waals surface area contributed by atoms with Crippen LogP contribution in [0.5, 0.6) is 0 Å². The van der Waals surface area contributed by atoms with Gasteiger partial charge >= 0.3 is 0 Å². The third kappa shape index (κ3) is 3.84. The molecule has 19 heavy (non-hydrogen) atoms. The maximum Gasteiger partial charge on any atom is 0.255 e. The van der Waals surface area contributed by atoms with Crippen molar-refractivity contribution in [2.24, 2.45) is 0 Å². The van der Waals surface area contributed by atoms with Crippen LogP contribution in [0.2, 0.25) is 10.0 Å². The van der Waals surface area contributed by atoms with Crippen LogP contribution in [-0.2, 0) is 0 Å². The van der Waals surface area contributed by atoms with Crippen LogP contribution >= 0.6 is 45.8 Å². The third-order valence-corrected chi connectivity index (χ3v) is 3.83. The Balaban J connectivity index is 2.25. The number of anilines is 1. The second-order valence-electron chi connectivity index (χ2n) is 4.10. The summed E-state index contributed by atoms with van der Waals surface area (Å²) in [6.07, 6.45) is 0. The Morgan fingerprint density at radius 2 is 1.84 bits per heavy atom. The summed E-state index contributed by atoms with van der Waals surface area (Å²) in [5.41, 5.74) is 2.21. The number of aryl methyl sites for hydroxylation is 1. The molecule has 2 nitrogen and oxygen atoms in total. The Bertz CT molecular complexity index is 623. The summed E-state index contributed by atoms with van der Waals surface area (Å²) in [6.45, 7) is 1.90. The zero-order valence-corrected chi connectivity index (χ0v) is 13.7. The Morgan fingerprint density at radius 3 is 2.47 bits per heavy atom. The molecule has 2 aromatic rings. The molecule has 0 atom stereocenters. The summed E-state index contributed by atoms with van der Waals surface area (Å²) >= 11 is 14.0. The molecule has 0 spiro atoms. The van der Waals surface area contributed by atoms with E-state index in [0.29, 0.717) is 15.6 Å². The Morgan fingerprint density at radius 1 is 1.11 bits per heavy atom. The van der Waals surface area contributed by atoms with E-state index in [0.717, 1.165) is 14.8 Å². The summed E-state index contributed by atoms with van der Waals surface area (Å²) in [6, 6.07) is 10.6. The molecule has 0 fully saturated rings. The van der Waals surface area contributed by atoms with Gasteiger partial charge in [-0.3, -0.25) is 4.79 Å². The fourth-order valence-corrected chi connectivity index (χ4v) is 2.95. The van der Waals surface area contributed by atoms with Crippen molar-refractivity contribution in [2.75, 3.05) is 5.32 Å². The summed E-state index contributed by atoms with van der Waals surface area (Å²) in [7, 11) is 0. The van der Waals surface area contributed by atoms with E-state index in [1.54, 1.807) is 30.3 Å². The first-order valence-corrected chi connectivity index (χ1v) is 7.33. The molecule has 0 bridgehead atoms. The van der Waals surface area contributed by atoms with Gasteiger partial charge in [-0.15, -0.1) is 0 Å². The molecule has 2 aromatic carbocycles. The average Bonchev–Trinajstić information content (AvgIpc) is 2.31. The summed E-state index contributed by atoms with van der Waals surface area (Å²) < 4.78 is 0.886. The molecule has 0 saturated carbocycles. The first-order valence-electron chi connectivity index (χ1n) is 5.49. The van der Waals surface area contributed by atoms with Gasteiger partial charge < -0.3 is 5.32 Å². The van der Waals surface area contributed by atoms with Gasteiger partial charge in [0.25, 0.3) is 5.91 Å². The SMILES string of the molecule is Cc1cc(Cl)cc(C(=O)Nc2ccc(Cl)cc2I)c1. The standard InChI is InChI=1S/C14H10Cl2INO/c1-8-4-9(6-11(16)5-8)14(19)18-13-3-2-10(15)7-12(13)17/h2-7H,1H3,(H,18,19). The minimum Gasteiger partial charge on any atom is -0.321 e. The molecule has 0 aliphatic heterocycles. The zero-order valence-electron chi connectivity index (χ0n) is 10.0. The summed E-state index contributed by atoms with van der Waals surface area (Å²) in [5, 5.41) is 4.04. The number of carbonyl (C=O) groups is 1. The molecule has 2 rings (SSSR count). The van der Waals surface area contributed by atoms with Crippen LogP contribution in [0.3, 0.4) is 0 Å². The number of carbonyl (C=O) groups excluding carboxylic acids is 1. The van der Waals surface area contributed by atoms with Crippen molar-refractivity contribution >= 4 is 57.4 Å². The summed E-state index contributed by atoms with van der Waals surface area (Å²) in [5.74, 6) is -0.189. The largest absolute Gasteiger partial charge is 0.321 e. The van der Waals surface area contributed by atoms with E-state index in [1.165, 1.54) is 0 Å².